The van der Waals surface area contributed by atoms with Gasteiger partial charge in [-0.25, -0.2) is 8.78 Å². The van der Waals surface area contributed by atoms with Crippen molar-refractivity contribution in [3.8, 4) is 11.4 Å². The molecular formula is C38H46F2N6O6. The Morgan fingerprint density at radius 3 is 1.46 bits per heavy atom. The maximum absolute atomic E-state index is 14.7. The number of carbonyl (C=O) groups excluding carboxylic acids is 4. The predicted molar refractivity (Wildman–Crippen MR) is 191 cm³/mol. The molecule has 4 heterocycles. The number of carbonyl (C=O) groups is 4. The average molecular weight is 721 g/mol. The lowest BCUT2D eigenvalue weighted by atomic mass is 9.94. The highest BCUT2D eigenvalue weighted by Gasteiger charge is 2.41. The van der Waals surface area contributed by atoms with Crippen molar-refractivity contribution in [2.45, 2.75) is 103 Å². The highest BCUT2D eigenvalue weighted by molar-refractivity contribution is 5.96. The first-order chi connectivity index (χ1) is 24.8. The van der Waals surface area contributed by atoms with Crippen molar-refractivity contribution in [3.63, 3.8) is 0 Å². The van der Waals surface area contributed by atoms with Crippen LogP contribution in [0.5, 0.6) is 0 Å². The summed E-state index contributed by atoms with van der Waals surface area (Å²) in [5, 5.41) is 1.44. The van der Waals surface area contributed by atoms with Gasteiger partial charge < -0.3 is 40.7 Å². The maximum Gasteiger partial charge on any atom is 0.302 e. The van der Waals surface area contributed by atoms with Crippen molar-refractivity contribution in [2.75, 3.05) is 13.1 Å². The van der Waals surface area contributed by atoms with Gasteiger partial charge in [0.15, 0.2) is 0 Å². The molecule has 0 aliphatic carbocycles. The molecule has 0 saturated carbocycles. The lowest BCUT2D eigenvalue weighted by molar-refractivity contribution is -0.147. The fourth-order valence-electron chi connectivity index (χ4n) is 7.87. The van der Waals surface area contributed by atoms with Gasteiger partial charge in [0.05, 0.1) is 36.6 Å². The Morgan fingerprint density at radius 2 is 1.12 bits per heavy atom. The monoisotopic (exact) mass is 720 g/mol. The van der Waals surface area contributed by atoms with Gasteiger partial charge in [0.2, 0.25) is 11.8 Å². The van der Waals surface area contributed by atoms with Crippen molar-refractivity contribution in [1.29, 1.82) is 0 Å². The molecular weight excluding hydrogens is 674 g/mol. The molecule has 0 bridgehead atoms. The summed E-state index contributed by atoms with van der Waals surface area (Å²) in [7, 11) is 0. The van der Waals surface area contributed by atoms with E-state index in [1.807, 2.05) is 13.8 Å². The zero-order valence-corrected chi connectivity index (χ0v) is 29.8. The number of ether oxygens (including phenoxy) is 2. The molecule has 2 aliphatic rings. The van der Waals surface area contributed by atoms with Crippen LogP contribution in [0.2, 0.25) is 0 Å². The van der Waals surface area contributed by atoms with Crippen LogP contribution in [0.4, 0.5) is 8.78 Å². The smallest absolute Gasteiger partial charge is 0.302 e. The second-order valence-electron chi connectivity index (χ2n) is 14.0. The molecule has 2 saturated heterocycles. The summed E-state index contributed by atoms with van der Waals surface area (Å²) in [6.07, 6.45) is 1.14. The minimum Gasteiger partial charge on any atom is -0.461 e. The van der Waals surface area contributed by atoms with Crippen molar-refractivity contribution in [2.24, 2.45) is 11.5 Å². The number of nitrogens with zero attached hydrogens (tertiary/aromatic N) is 2. The number of likely N-dealkylation sites (tertiary alicyclic amines) is 2. The van der Waals surface area contributed by atoms with E-state index in [4.69, 9.17) is 20.9 Å². The summed E-state index contributed by atoms with van der Waals surface area (Å²) in [5.41, 5.74) is 16.2. The third kappa shape index (κ3) is 7.40. The van der Waals surface area contributed by atoms with Crippen LogP contribution in [-0.4, -0.2) is 93.0 Å². The third-order valence-corrected chi connectivity index (χ3v) is 10.4. The number of aromatic amines is 2. The Labute approximate surface area is 300 Å². The van der Waals surface area contributed by atoms with E-state index in [0.29, 0.717) is 60.9 Å². The van der Waals surface area contributed by atoms with Crippen LogP contribution in [0.3, 0.4) is 0 Å². The van der Waals surface area contributed by atoms with E-state index in [1.165, 1.54) is 38.1 Å². The molecule has 2 aromatic carbocycles. The molecule has 12 nitrogen and oxygen atoms in total. The molecule has 6 N–H and O–H groups in total. The standard InChI is InChI=1S/C38H46F2N6O6/c1-5-31(41)37(49)45-17-25(51-19(3)47)13-23(45)15-29-27-9-7-21(39)11-33(27)43-35(29)36-30(28-10-8-22(40)12-34(28)44-36)16-24-14-26(52-20(4)48)18-46(24)38(50)32(42)6-2/h7-12,23-26,31-32,43-44H,5-6,13-18,41-42H2,1-4H3/t23-,24-,25-,26?,31?,32-/m0/s1. The van der Waals surface area contributed by atoms with Crippen molar-refractivity contribution >= 4 is 45.6 Å². The van der Waals surface area contributed by atoms with Gasteiger partial charge in [-0.2, -0.15) is 0 Å². The molecule has 4 aromatic rings. The molecule has 2 fully saturated rings. The van der Waals surface area contributed by atoms with Gasteiger partial charge >= 0.3 is 11.9 Å². The highest BCUT2D eigenvalue weighted by atomic mass is 19.1. The highest BCUT2D eigenvalue weighted by Crippen LogP contribution is 2.40. The van der Waals surface area contributed by atoms with E-state index in [0.717, 1.165) is 21.9 Å². The molecule has 278 valence electrons. The van der Waals surface area contributed by atoms with Gasteiger partial charge in [0.1, 0.15) is 23.8 Å². The molecule has 6 rings (SSSR count). The van der Waals surface area contributed by atoms with E-state index in [9.17, 15) is 28.0 Å². The Hall–Kier alpha value is -4.82. The number of aromatic nitrogens is 2. The van der Waals surface area contributed by atoms with E-state index in [2.05, 4.69) is 9.97 Å². The van der Waals surface area contributed by atoms with Crippen LogP contribution in [0, 0.1) is 11.6 Å². The third-order valence-electron chi connectivity index (χ3n) is 10.4. The summed E-state index contributed by atoms with van der Waals surface area (Å²) in [5.74, 6) is -2.31. The number of halogens is 2. The minimum absolute atomic E-state index is 0.189. The first-order valence-electron chi connectivity index (χ1n) is 17.8. The number of fused-ring (bicyclic) bond motifs is 2. The largest absolute Gasteiger partial charge is 0.461 e. The van der Waals surface area contributed by atoms with Crippen LogP contribution < -0.4 is 11.5 Å². The second-order valence-corrected chi connectivity index (χ2v) is 14.0. The Kier molecular flexibility index (Phi) is 10.7. The second kappa shape index (κ2) is 15.0. The van der Waals surface area contributed by atoms with Gasteiger partial charge in [-0.3, -0.25) is 19.2 Å². The van der Waals surface area contributed by atoms with Gasteiger partial charge in [-0.15, -0.1) is 0 Å². The number of esters is 2. The number of hydrogen-bond donors (Lipinski definition) is 4. The lowest BCUT2D eigenvalue weighted by Crippen LogP contribution is -2.46. The number of benzene rings is 2. The van der Waals surface area contributed by atoms with Crippen molar-refractivity contribution < 1.29 is 37.4 Å². The minimum atomic E-state index is -0.737. The van der Waals surface area contributed by atoms with Gasteiger partial charge in [0, 0.05) is 60.6 Å². The number of H-pyrrole nitrogens is 2. The Morgan fingerprint density at radius 1 is 0.731 bits per heavy atom. The zero-order valence-electron chi connectivity index (χ0n) is 29.8. The summed E-state index contributed by atoms with van der Waals surface area (Å²) in [6.45, 7) is 6.69. The molecule has 0 radical (unpaired) electrons. The molecule has 2 aliphatic heterocycles. The molecule has 6 atom stereocenters. The van der Waals surface area contributed by atoms with Crippen LogP contribution >= 0.6 is 0 Å². The van der Waals surface area contributed by atoms with Gasteiger partial charge in [-0.05, 0) is 73.2 Å². The molecule has 52 heavy (non-hydrogen) atoms. The molecule has 2 unspecified atom stereocenters. The van der Waals surface area contributed by atoms with Crippen LogP contribution in [0.25, 0.3) is 33.2 Å². The summed E-state index contributed by atoms with van der Waals surface area (Å²) in [6, 6.07) is 6.58. The van der Waals surface area contributed by atoms with Crippen molar-refractivity contribution in [1.82, 2.24) is 19.8 Å². The number of amides is 2. The number of rotatable bonds is 11. The topological polar surface area (TPSA) is 177 Å². The van der Waals surface area contributed by atoms with Crippen molar-refractivity contribution in [3.05, 3.63) is 59.2 Å². The quantitative estimate of drug-likeness (QED) is 0.167. The molecule has 2 amide bonds. The fourth-order valence-corrected chi connectivity index (χ4v) is 7.87. The maximum atomic E-state index is 14.7. The summed E-state index contributed by atoms with van der Waals surface area (Å²) < 4.78 is 40.5. The first kappa shape index (κ1) is 37.0. The predicted octanol–water partition coefficient (Wildman–Crippen LogP) is 4.22. The van der Waals surface area contributed by atoms with Gasteiger partial charge in [-0.1, -0.05) is 13.8 Å². The summed E-state index contributed by atoms with van der Waals surface area (Å²) in [4.78, 5) is 61.1. The van der Waals surface area contributed by atoms with E-state index >= 15 is 0 Å². The van der Waals surface area contributed by atoms with Crippen LogP contribution in [-0.2, 0) is 41.5 Å². The molecule has 0 spiro atoms. The molecule has 2 aromatic heterocycles. The summed E-state index contributed by atoms with van der Waals surface area (Å²) >= 11 is 0. The number of hydrogen-bond acceptors (Lipinski definition) is 8. The lowest BCUT2D eigenvalue weighted by Gasteiger charge is -2.27. The van der Waals surface area contributed by atoms with E-state index in [1.54, 1.807) is 21.9 Å². The SMILES string of the molecule is CCC(N)C(=O)N1C[C@@H](OC(C)=O)C[C@H]1Cc1c(-c2[nH]c3cc(F)ccc3c2C[C@@H]2CC(OC(C)=O)CN2C(=O)[C@@H](N)CC)[nH]c2cc(F)ccc12. The first-order valence-corrected chi connectivity index (χ1v) is 17.8. The Bertz CT molecular complexity index is 1870. The number of nitrogens with one attached hydrogen (secondary N) is 2. The fraction of sp³-hybridized carbons (Fsp3) is 0.474. The van der Waals surface area contributed by atoms with Gasteiger partial charge in [0.25, 0.3) is 0 Å². The average Bonchev–Trinajstić information content (AvgIpc) is 3.86. The Balaban J connectivity index is 1.47. The number of nitrogens with two attached hydrogens (primary N) is 2. The van der Waals surface area contributed by atoms with Crippen LogP contribution in [0.1, 0.15) is 64.5 Å². The molecule has 14 heteroatoms. The van der Waals surface area contributed by atoms with E-state index < -0.39 is 59.9 Å². The zero-order chi connectivity index (χ0) is 37.4. The van der Waals surface area contributed by atoms with E-state index in [-0.39, 0.29) is 24.9 Å². The van der Waals surface area contributed by atoms with Crippen LogP contribution in [0.15, 0.2) is 36.4 Å². The normalized spacial score (nSPS) is 21.5.